The topological polar surface area (TPSA) is 64.5 Å². The Morgan fingerprint density at radius 2 is 1.90 bits per heavy atom. The predicted octanol–water partition coefficient (Wildman–Crippen LogP) is 4.08. The van der Waals surface area contributed by atoms with E-state index >= 15 is 0 Å². The summed E-state index contributed by atoms with van der Waals surface area (Å²) in [7, 11) is 1.63. The third kappa shape index (κ3) is 3.88. The highest BCUT2D eigenvalue weighted by molar-refractivity contribution is 5.95. The van der Waals surface area contributed by atoms with Gasteiger partial charge in [-0.25, -0.2) is 9.97 Å². The summed E-state index contributed by atoms with van der Waals surface area (Å²) < 4.78 is 10.6. The van der Waals surface area contributed by atoms with E-state index in [2.05, 4.69) is 28.1 Å². The van der Waals surface area contributed by atoms with Crippen LogP contribution in [-0.2, 0) is 9.53 Å². The lowest BCUT2D eigenvalue weighted by atomic mass is 9.97. The van der Waals surface area contributed by atoms with E-state index in [-0.39, 0.29) is 11.9 Å². The highest BCUT2D eigenvalue weighted by Gasteiger charge is 2.26. The molecule has 0 N–H and O–H groups in total. The average molecular weight is 391 g/mol. The molecule has 0 saturated carbocycles. The second-order valence-electron chi connectivity index (χ2n) is 7.12. The summed E-state index contributed by atoms with van der Waals surface area (Å²) in [4.78, 5) is 23.6. The third-order valence-electron chi connectivity index (χ3n) is 5.40. The summed E-state index contributed by atoms with van der Waals surface area (Å²) in [5.74, 6) is 1.42. The zero-order valence-corrected chi connectivity index (χ0v) is 16.8. The summed E-state index contributed by atoms with van der Waals surface area (Å²) >= 11 is 0. The molecular weight excluding hydrogens is 366 g/mol. The first kappa shape index (κ1) is 19.2. The number of anilines is 1. The van der Waals surface area contributed by atoms with Gasteiger partial charge >= 0.3 is 5.97 Å². The molecule has 1 aromatic carbocycles. The van der Waals surface area contributed by atoms with Crippen LogP contribution in [0.4, 0.5) is 5.82 Å². The SMILES string of the molecule is CCOC(=O)C1CCN(c2ccc3cccc(-c4cccnc4OC)c3n2)CC1. The molecule has 6 heteroatoms. The minimum Gasteiger partial charge on any atom is -0.481 e. The molecule has 0 radical (unpaired) electrons. The van der Waals surface area contributed by atoms with Crippen LogP contribution in [0.15, 0.2) is 48.7 Å². The molecule has 0 spiro atoms. The molecule has 0 unspecified atom stereocenters. The summed E-state index contributed by atoms with van der Waals surface area (Å²) in [5, 5.41) is 1.07. The monoisotopic (exact) mass is 391 g/mol. The number of aromatic nitrogens is 2. The van der Waals surface area contributed by atoms with Crippen LogP contribution in [0.2, 0.25) is 0 Å². The Morgan fingerprint density at radius 1 is 1.10 bits per heavy atom. The van der Waals surface area contributed by atoms with E-state index in [0.29, 0.717) is 12.5 Å². The number of ether oxygens (including phenoxy) is 2. The van der Waals surface area contributed by atoms with Crippen LogP contribution in [0.1, 0.15) is 19.8 Å². The number of carbonyl (C=O) groups excluding carboxylic acids is 1. The Labute approximate surface area is 170 Å². The molecule has 1 fully saturated rings. The van der Waals surface area contributed by atoms with E-state index in [1.165, 1.54) is 0 Å². The van der Waals surface area contributed by atoms with Crippen LogP contribution in [0.3, 0.4) is 0 Å². The number of nitrogens with zero attached hydrogens (tertiary/aromatic N) is 3. The number of rotatable bonds is 5. The molecule has 0 bridgehead atoms. The van der Waals surface area contributed by atoms with Gasteiger partial charge in [-0.15, -0.1) is 0 Å². The third-order valence-corrected chi connectivity index (χ3v) is 5.40. The zero-order chi connectivity index (χ0) is 20.2. The number of para-hydroxylation sites is 1. The van der Waals surface area contributed by atoms with E-state index in [1.54, 1.807) is 13.3 Å². The minimum atomic E-state index is -0.0791. The Hall–Kier alpha value is -3.15. The zero-order valence-electron chi connectivity index (χ0n) is 16.8. The van der Waals surface area contributed by atoms with Gasteiger partial charge in [0.1, 0.15) is 5.82 Å². The number of fused-ring (bicyclic) bond motifs is 1. The van der Waals surface area contributed by atoms with Gasteiger partial charge in [-0.3, -0.25) is 4.79 Å². The van der Waals surface area contributed by atoms with Crippen molar-refractivity contribution in [1.82, 2.24) is 9.97 Å². The minimum absolute atomic E-state index is 0.0122. The first-order valence-corrected chi connectivity index (χ1v) is 10.0. The van der Waals surface area contributed by atoms with Gasteiger partial charge in [-0.2, -0.15) is 0 Å². The number of hydrogen-bond donors (Lipinski definition) is 0. The number of methoxy groups -OCH3 is 1. The maximum absolute atomic E-state index is 12.0. The van der Waals surface area contributed by atoms with Crippen molar-refractivity contribution >= 4 is 22.7 Å². The Morgan fingerprint density at radius 3 is 2.66 bits per heavy atom. The van der Waals surface area contributed by atoms with E-state index < -0.39 is 0 Å². The molecular formula is C23H25N3O3. The van der Waals surface area contributed by atoms with E-state index in [0.717, 1.165) is 53.8 Å². The van der Waals surface area contributed by atoms with Crippen molar-refractivity contribution in [2.24, 2.45) is 5.92 Å². The second-order valence-corrected chi connectivity index (χ2v) is 7.12. The summed E-state index contributed by atoms with van der Waals surface area (Å²) in [6, 6.07) is 14.2. The highest BCUT2D eigenvalue weighted by Crippen LogP contribution is 2.34. The fourth-order valence-electron chi connectivity index (χ4n) is 3.89. The molecule has 0 atom stereocenters. The number of hydrogen-bond acceptors (Lipinski definition) is 6. The van der Waals surface area contributed by atoms with Crippen molar-refractivity contribution in [2.45, 2.75) is 19.8 Å². The van der Waals surface area contributed by atoms with Crippen molar-refractivity contribution in [3.05, 3.63) is 48.7 Å². The summed E-state index contributed by atoms with van der Waals surface area (Å²) in [5.41, 5.74) is 2.84. The van der Waals surface area contributed by atoms with Gasteiger partial charge in [0.2, 0.25) is 5.88 Å². The van der Waals surface area contributed by atoms with E-state index in [9.17, 15) is 4.79 Å². The number of carbonyl (C=O) groups is 1. The van der Waals surface area contributed by atoms with Gasteiger partial charge in [-0.05, 0) is 44.0 Å². The van der Waals surface area contributed by atoms with Crippen molar-refractivity contribution in [2.75, 3.05) is 31.7 Å². The first-order chi connectivity index (χ1) is 14.2. The lowest BCUT2D eigenvalue weighted by molar-refractivity contribution is -0.148. The molecule has 4 rings (SSSR count). The van der Waals surface area contributed by atoms with Crippen LogP contribution < -0.4 is 9.64 Å². The Bertz CT molecular complexity index is 1010. The number of pyridine rings is 2. The Balaban J connectivity index is 1.64. The molecule has 6 nitrogen and oxygen atoms in total. The van der Waals surface area contributed by atoms with Crippen LogP contribution in [0.25, 0.3) is 22.0 Å². The molecule has 1 aliphatic heterocycles. The quantitative estimate of drug-likeness (QED) is 0.611. The smallest absolute Gasteiger partial charge is 0.309 e. The fourth-order valence-corrected chi connectivity index (χ4v) is 3.89. The predicted molar refractivity (Wildman–Crippen MR) is 113 cm³/mol. The number of esters is 1. The Kier molecular flexibility index (Phi) is 5.60. The first-order valence-electron chi connectivity index (χ1n) is 10.0. The molecule has 3 aromatic rings. The van der Waals surface area contributed by atoms with Gasteiger partial charge in [0.15, 0.2) is 0 Å². The van der Waals surface area contributed by atoms with Crippen LogP contribution in [0.5, 0.6) is 5.88 Å². The molecule has 0 aliphatic carbocycles. The lowest BCUT2D eigenvalue weighted by Crippen LogP contribution is -2.37. The van der Waals surface area contributed by atoms with Gasteiger partial charge in [0, 0.05) is 35.8 Å². The second kappa shape index (κ2) is 8.47. The average Bonchev–Trinajstić information content (AvgIpc) is 2.78. The van der Waals surface area contributed by atoms with Crippen LogP contribution in [0, 0.1) is 5.92 Å². The molecule has 1 aliphatic rings. The van der Waals surface area contributed by atoms with Crippen molar-refractivity contribution in [3.63, 3.8) is 0 Å². The molecule has 3 heterocycles. The largest absolute Gasteiger partial charge is 0.481 e. The lowest BCUT2D eigenvalue weighted by Gasteiger charge is -2.31. The maximum Gasteiger partial charge on any atom is 0.309 e. The normalized spacial score (nSPS) is 14.8. The summed E-state index contributed by atoms with van der Waals surface area (Å²) in [6.45, 7) is 3.87. The standard InChI is InChI=1S/C23H25N3O3/c1-3-29-23(27)17-11-14-26(15-12-17)20-10-9-16-6-4-7-18(21(16)25-20)19-8-5-13-24-22(19)28-2/h4-10,13,17H,3,11-12,14-15H2,1-2H3. The van der Waals surface area contributed by atoms with E-state index in [1.807, 2.05) is 31.2 Å². The number of benzene rings is 1. The fraction of sp³-hybridized carbons (Fsp3) is 0.348. The van der Waals surface area contributed by atoms with Gasteiger partial charge in [0.05, 0.1) is 25.2 Å². The summed E-state index contributed by atoms with van der Waals surface area (Å²) in [6.07, 6.45) is 3.30. The van der Waals surface area contributed by atoms with Gasteiger partial charge in [-0.1, -0.05) is 18.2 Å². The molecule has 2 aromatic heterocycles. The molecule has 29 heavy (non-hydrogen) atoms. The van der Waals surface area contributed by atoms with Crippen molar-refractivity contribution in [1.29, 1.82) is 0 Å². The van der Waals surface area contributed by atoms with Crippen molar-refractivity contribution < 1.29 is 14.3 Å². The van der Waals surface area contributed by atoms with Crippen LogP contribution >= 0.6 is 0 Å². The highest BCUT2D eigenvalue weighted by atomic mass is 16.5. The number of piperidine rings is 1. The molecule has 0 amide bonds. The van der Waals surface area contributed by atoms with Crippen molar-refractivity contribution in [3.8, 4) is 17.0 Å². The van der Waals surface area contributed by atoms with Crippen LogP contribution in [-0.4, -0.2) is 42.7 Å². The van der Waals surface area contributed by atoms with Gasteiger partial charge in [0.25, 0.3) is 0 Å². The molecule has 1 saturated heterocycles. The maximum atomic E-state index is 12.0. The van der Waals surface area contributed by atoms with Gasteiger partial charge < -0.3 is 14.4 Å². The molecule has 150 valence electrons. The van der Waals surface area contributed by atoms with E-state index in [4.69, 9.17) is 14.5 Å².